The van der Waals surface area contributed by atoms with Gasteiger partial charge in [-0.25, -0.2) is 0 Å². The van der Waals surface area contributed by atoms with Gasteiger partial charge in [0.2, 0.25) is 0 Å². The van der Waals surface area contributed by atoms with Gasteiger partial charge in [0.25, 0.3) is 0 Å². The predicted molar refractivity (Wildman–Crippen MR) is 79.9 cm³/mol. The Hall–Kier alpha value is -0.870. The second kappa shape index (κ2) is 5.25. The van der Waals surface area contributed by atoms with E-state index in [0.717, 1.165) is 23.8 Å². The van der Waals surface area contributed by atoms with Crippen molar-refractivity contribution in [1.29, 1.82) is 0 Å². The van der Waals surface area contributed by atoms with E-state index in [-0.39, 0.29) is 6.04 Å². The lowest BCUT2D eigenvalue weighted by molar-refractivity contribution is 0.134. The average Bonchev–Trinajstić information content (AvgIpc) is 3.00. The van der Waals surface area contributed by atoms with E-state index in [0.29, 0.717) is 0 Å². The van der Waals surface area contributed by atoms with E-state index < -0.39 is 0 Å². The standard InChI is InChI=1S/C15H16ClNOS/c1-9-8-19-15(13(9)16)14(17-2)10-3-4-11-6-18-7-12(11)5-10/h3-5,8,14,17H,6-7H2,1-2H3. The maximum atomic E-state index is 6.40. The van der Waals surface area contributed by atoms with Crippen molar-refractivity contribution in [1.82, 2.24) is 5.32 Å². The SMILES string of the molecule is CNC(c1ccc2c(c1)COC2)c1scc(C)c1Cl. The molecule has 1 aliphatic rings. The highest BCUT2D eigenvalue weighted by Gasteiger charge is 2.20. The van der Waals surface area contributed by atoms with Crippen LogP contribution in [0.15, 0.2) is 23.6 Å². The monoisotopic (exact) mass is 293 g/mol. The number of rotatable bonds is 3. The molecule has 1 unspecified atom stereocenters. The van der Waals surface area contributed by atoms with Gasteiger partial charge in [-0.15, -0.1) is 11.3 Å². The first-order valence-electron chi connectivity index (χ1n) is 6.31. The Morgan fingerprint density at radius 3 is 2.79 bits per heavy atom. The molecule has 2 nitrogen and oxygen atoms in total. The molecule has 0 aliphatic carbocycles. The van der Waals surface area contributed by atoms with E-state index >= 15 is 0 Å². The number of aryl methyl sites for hydroxylation is 1. The Kier molecular flexibility index (Phi) is 3.63. The molecule has 3 rings (SSSR count). The van der Waals surface area contributed by atoms with Gasteiger partial charge in [-0.05, 0) is 41.6 Å². The second-order valence-corrected chi connectivity index (χ2v) is 6.13. The van der Waals surface area contributed by atoms with E-state index in [4.69, 9.17) is 16.3 Å². The van der Waals surface area contributed by atoms with Crippen LogP contribution in [0.3, 0.4) is 0 Å². The van der Waals surface area contributed by atoms with Gasteiger partial charge in [-0.3, -0.25) is 0 Å². The molecule has 100 valence electrons. The van der Waals surface area contributed by atoms with Gasteiger partial charge in [-0.1, -0.05) is 29.8 Å². The number of hydrogen-bond acceptors (Lipinski definition) is 3. The van der Waals surface area contributed by atoms with Crippen LogP contribution in [0.5, 0.6) is 0 Å². The summed E-state index contributed by atoms with van der Waals surface area (Å²) in [6, 6.07) is 6.71. The highest BCUT2D eigenvalue weighted by atomic mass is 35.5. The Bertz CT molecular complexity index is 608. The van der Waals surface area contributed by atoms with Gasteiger partial charge in [0.15, 0.2) is 0 Å². The van der Waals surface area contributed by atoms with Crippen LogP contribution < -0.4 is 5.32 Å². The van der Waals surface area contributed by atoms with Crippen molar-refractivity contribution in [3.63, 3.8) is 0 Å². The largest absolute Gasteiger partial charge is 0.372 e. The van der Waals surface area contributed by atoms with Gasteiger partial charge in [0.05, 0.1) is 24.3 Å². The Balaban J connectivity index is 2.01. The summed E-state index contributed by atoms with van der Waals surface area (Å²) in [4.78, 5) is 1.18. The van der Waals surface area contributed by atoms with Crippen molar-refractivity contribution in [3.05, 3.63) is 55.7 Å². The molecule has 2 aromatic rings. The van der Waals surface area contributed by atoms with Gasteiger partial charge < -0.3 is 10.1 Å². The van der Waals surface area contributed by atoms with Crippen LogP contribution in [0, 0.1) is 6.92 Å². The molecule has 4 heteroatoms. The highest BCUT2D eigenvalue weighted by Crippen LogP contribution is 2.36. The number of benzene rings is 1. The first kappa shape index (κ1) is 13.1. The van der Waals surface area contributed by atoms with Gasteiger partial charge in [-0.2, -0.15) is 0 Å². The third-order valence-electron chi connectivity index (χ3n) is 3.55. The lowest BCUT2D eigenvalue weighted by Gasteiger charge is -2.17. The van der Waals surface area contributed by atoms with Gasteiger partial charge in [0, 0.05) is 4.88 Å². The van der Waals surface area contributed by atoms with Crippen molar-refractivity contribution >= 4 is 22.9 Å². The summed E-state index contributed by atoms with van der Waals surface area (Å²) in [5, 5.41) is 6.35. The number of ether oxygens (including phenoxy) is 1. The molecule has 1 N–H and O–H groups in total. The molecule has 1 atom stereocenters. The quantitative estimate of drug-likeness (QED) is 0.922. The number of hydrogen-bond donors (Lipinski definition) is 1. The summed E-state index contributed by atoms with van der Waals surface area (Å²) < 4.78 is 5.47. The minimum Gasteiger partial charge on any atom is -0.372 e. The third kappa shape index (κ3) is 2.32. The Morgan fingerprint density at radius 1 is 1.32 bits per heavy atom. The summed E-state index contributed by atoms with van der Waals surface area (Å²) in [5.74, 6) is 0. The summed E-state index contributed by atoms with van der Waals surface area (Å²) in [5.41, 5.74) is 4.98. The number of fused-ring (bicyclic) bond motifs is 1. The third-order valence-corrected chi connectivity index (χ3v) is 5.33. The maximum absolute atomic E-state index is 6.40. The van der Waals surface area contributed by atoms with Crippen LogP contribution >= 0.6 is 22.9 Å². The first-order valence-corrected chi connectivity index (χ1v) is 7.56. The van der Waals surface area contributed by atoms with Crippen molar-refractivity contribution < 1.29 is 4.74 Å². The lowest BCUT2D eigenvalue weighted by atomic mass is 10.00. The number of thiophene rings is 1. The first-order chi connectivity index (χ1) is 9.20. The summed E-state index contributed by atoms with van der Waals surface area (Å²) in [6.07, 6.45) is 0. The molecule has 0 fully saturated rings. The summed E-state index contributed by atoms with van der Waals surface area (Å²) in [7, 11) is 1.97. The van der Waals surface area contributed by atoms with Crippen molar-refractivity contribution in [2.75, 3.05) is 7.05 Å². The molecule has 0 spiro atoms. The van der Waals surface area contributed by atoms with Gasteiger partial charge >= 0.3 is 0 Å². The van der Waals surface area contributed by atoms with E-state index in [1.807, 2.05) is 14.0 Å². The normalized spacial score (nSPS) is 15.5. The highest BCUT2D eigenvalue weighted by molar-refractivity contribution is 7.10. The van der Waals surface area contributed by atoms with E-state index in [1.165, 1.54) is 21.6 Å². The molecular formula is C15H16ClNOS. The Morgan fingerprint density at radius 2 is 2.11 bits per heavy atom. The summed E-state index contributed by atoms with van der Waals surface area (Å²) in [6.45, 7) is 3.50. The number of halogens is 1. The molecule has 1 aliphatic heterocycles. The summed E-state index contributed by atoms with van der Waals surface area (Å²) >= 11 is 8.11. The molecule has 1 aromatic carbocycles. The van der Waals surface area contributed by atoms with Crippen LogP contribution in [0.4, 0.5) is 0 Å². The number of nitrogens with one attached hydrogen (secondary N) is 1. The fourth-order valence-corrected chi connectivity index (χ4v) is 3.90. The molecular weight excluding hydrogens is 278 g/mol. The molecule has 0 saturated heterocycles. The molecule has 0 radical (unpaired) electrons. The molecule has 0 saturated carbocycles. The topological polar surface area (TPSA) is 21.3 Å². The Labute approximate surface area is 122 Å². The van der Waals surface area contributed by atoms with Crippen LogP contribution in [0.25, 0.3) is 0 Å². The maximum Gasteiger partial charge on any atom is 0.0725 e. The minimum atomic E-state index is 0.150. The smallest absolute Gasteiger partial charge is 0.0725 e. The van der Waals surface area contributed by atoms with E-state index in [9.17, 15) is 0 Å². The van der Waals surface area contributed by atoms with Gasteiger partial charge in [0.1, 0.15) is 0 Å². The fraction of sp³-hybridized carbons (Fsp3) is 0.333. The average molecular weight is 294 g/mol. The van der Waals surface area contributed by atoms with Crippen LogP contribution in [0.2, 0.25) is 5.02 Å². The lowest BCUT2D eigenvalue weighted by Crippen LogP contribution is -2.17. The van der Waals surface area contributed by atoms with Crippen LogP contribution in [0.1, 0.15) is 33.2 Å². The second-order valence-electron chi connectivity index (χ2n) is 4.84. The van der Waals surface area contributed by atoms with Crippen LogP contribution in [-0.4, -0.2) is 7.05 Å². The molecule has 2 heterocycles. The molecule has 0 bridgehead atoms. The van der Waals surface area contributed by atoms with Crippen molar-refractivity contribution in [3.8, 4) is 0 Å². The zero-order valence-corrected chi connectivity index (χ0v) is 12.6. The van der Waals surface area contributed by atoms with Crippen LogP contribution in [-0.2, 0) is 18.0 Å². The minimum absolute atomic E-state index is 0.150. The molecule has 19 heavy (non-hydrogen) atoms. The molecule has 1 aromatic heterocycles. The molecule has 0 amide bonds. The zero-order valence-electron chi connectivity index (χ0n) is 11.0. The van der Waals surface area contributed by atoms with E-state index in [2.05, 4.69) is 28.9 Å². The van der Waals surface area contributed by atoms with E-state index in [1.54, 1.807) is 11.3 Å². The fourth-order valence-electron chi connectivity index (χ4n) is 2.47. The van der Waals surface area contributed by atoms with Crippen molar-refractivity contribution in [2.24, 2.45) is 0 Å². The van der Waals surface area contributed by atoms with Crippen molar-refractivity contribution in [2.45, 2.75) is 26.2 Å². The zero-order chi connectivity index (χ0) is 13.4. The predicted octanol–water partition coefficient (Wildman–Crippen LogP) is 4.05.